The predicted molar refractivity (Wildman–Crippen MR) is 90.2 cm³/mol. The van der Waals surface area contributed by atoms with Gasteiger partial charge in [0.25, 0.3) is 0 Å². The van der Waals surface area contributed by atoms with Crippen LogP contribution in [0.15, 0.2) is 48.5 Å². The molecule has 2 aromatic carbocycles. The maximum Gasteiger partial charge on any atom is 0.0314 e. The summed E-state index contributed by atoms with van der Waals surface area (Å²) in [5.41, 5.74) is 15.1. The Kier molecular flexibility index (Phi) is 6.75. The van der Waals surface area contributed by atoms with Crippen LogP contribution in [0.2, 0.25) is 12.1 Å². The quantitative estimate of drug-likeness (QED) is 0.663. The lowest BCUT2D eigenvalue weighted by molar-refractivity contribution is 1.36. The summed E-state index contributed by atoms with van der Waals surface area (Å²) in [7, 11) is 0.432. The Labute approximate surface area is 118 Å². The standard InChI is InChI=1S/C12H12N2.C4H12Si/c13-11-5-1-9(2-6-11)10-3-7-12(14)8-4-10;1-3-5-4-2/h1-8H,13-14H2;3-5H2,1-2H3. The Morgan fingerprint density at radius 2 is 1.00 bits per heavy atom. The number of nitrogen functional groups attached to an aromatic ring is 2. The second-order valence-electron chi connectivity index (χ2n) is 4.60. The van der Waals surface area contributed by atoms with E-state index in [1.807, 2.05) is 48.5 Å². The van der Waals surface area contributed by atoms with Crippen molar-refractivity contribution in [3.63, 3.8) is 0 Å². The first-order valence-corrected chi connectivity index (χ1v) is 8.88. The summed E-state index contributed by atoms with van der Waals surface area (Å²) in [5, 5.41) is 0. The molecule has 19 heavy (non-hydrogen) atoms. The number of hydrogen-bond acceptors (Lipinski definition) is 2. The fraction of sp³-hybridized carbons (Fsp3) is 0.250. The van der Waals surface area contributed by atoms with E-state index in [0.717, 1.165) is 22.5 Å². The molecule has 0 atom stereocenters. The van der Waals surface area contributed by atoms with E-state index in [1.165, 1.54) is 12.1 Å². The highest BCUT2D eigenvalue weighted by Crippen LogP contribution is 2.21. The second kappa shape index (κ2) is 8.37. The van der Waals surface area contributed by atoms with E-state index in [9.17, 15) is 0 Å². The zero-order chi connectivity index (χ0) is 14.1. The minimum absolute atomic E-state index is 0.432. The van der Waals surface area contributed by atoms with Gasteiger partial charge < -0.3 is 11.5 Å². The predicted octanol–water partition coefficient (Wildman–Crippen LogP) is 3.55. The molecule has 0 bridgehead atoms. The van der Waals surface area contributed by atoms with Gasteiger partial charge in [0.15, 0.2) is 0 Å². The molecular weight excluding hydrogens is 248 g/mol. The third kappa shape index (κ3) is 5.62. The average molecular weight is 272 g/mol. The van der Waals surface area contributed by atoms with Gasteiger partial charge in [0.05, 0.1) is 0 Å². The maximum atomic E-state index is 5.61. The molecule has 0 aliphatic carbocycles. The van der Waals surface area contributed by atoms with Gasteiger partial charge >= 0.3 is 0 Å². The zero-order valence-electron chi connectivity index (χ0n) is 11.9. The average Bonchev–Trinajstić information content (AvgIpc) is 2.42. The lowest BCUT2D eigenvalue weighted by Crippen LogP contribution is -1.85. The highest BCUT2D eigenvalue weighted by atomic mass is 28.2. The molecule has 0 aliphatic heterocycles. The van der Waals surface area contributed by atoms with Crippen LogP contribution in [-0.2, 0) is 0 Å². The van der Waals surface area contributed by atoms with Crippen LogP contribution in [0.4, 0.5) is 11.4 Å². The molecule has 2 aromatic rings. The Morgan fingerprint density at radius 1 is 0.684 bits per heavy atom. The first-order valence-electron chi connectivity index (χ1n) is 6.88. The maximum absolute atomic E-state index is 5.61. The Balaban J connectivity index is 0.000000312. The van der Waals surface area contributed by atoms with Crippen LogP contribution in [0.5, 0.6) is 0 Å². The van der Waals surface area contributed by atoms with E-state index in [-0.39, 0.29) is 0 Å². The molecule has 0 heterocycles. The molecule has 102 valence electrons. The molecule has 0 aliphatic rings. The fourth-order valence-corrected chi connectivity index (χ4v) is 2.41. The molecule has 0 fully saturated rings. The lowest BCUT2D eigenvalue weighted by atomic mass is 10.1. The Morgan fingerprint density at radius 3 is 1.21 bits per heavy atom. The van der Waals surface area contributed by atoms with Crippen LogP contribution < -0.4 is 11.5 Å². The summed E-state index contributed by atoms with van der Waals surface area (Å²) in [5.74, 6) is 0. The first-order chi connectivity index (χ1) is 9.17. The van der Waals surface area contributed by atoms with Crippen molar-refractivity contribution in [2.24, 2.45) is 0 Å². The van der Waals surface area contributed by atoms with Crippen molar-refractivity contribution in [3.8, 4) is 11.1 Å². The lowest BCUT2D eigenvalue weighted by Gasteiger charge is -2.02. The van der Waals surface area contributed by atoms with E-state index >= 15 is 0 Å². The Hall–Kier alpha value is -1.74. The van der Waals surface area contributed by atoms with Gasteiger partial charge in [-0.05, 0) is 35.4 Å². The molecule has 4 N–H and O–H groups in total. The summed E-state index contributed by atoms with van der Waals surface area (Å²) >= 11 is 0. The van der Waals surface area contributed by atoms with Crippen LogP contribution >= 0.6 is 0 Å². The molecule has 0 saturated heterocycles. The van der Waals surface area contributed by atoms with Crippen molar-refractivity contribution in [1.29, 1.82) is 0 Å². The van der Waals surface area contributed by atoms with E-state index in [1.54, 1.807) is 0 Å². The van der Waals surface area contributed by atoms with Crippen LogP contribution in [0.1, 0.15) is 13.8 Å². The molecule has 0 amide bonds. The third-order valence-corrected chi connectivity index (χ3v) is 4.28. The molecule has 0 unspecified atom stereocenters. The summed E-state index contributed by atoms with van der Waals surface area (Å²) in [6.07, 6.45) is 0. The smallest absolute Gasteiger partial charge is 0.0314 e. The van der Waals surface area contributed by atoms with Gasteiger partial charge in [0, 0.05) is 20.9 Å². The highest BCUT2D eigenvalue weighted by Gasteiger charge is 1.95. The third-order valence-electron chi connectivity index (χ3n) is 2.86. The van der Waals surface area contributed by atoms with Gasteiger partial charge in [-0.15, -0.1) is 0 Å². The summed E-state index contributed by atoms with van der Waals surface area (Å²) < 4.78 is 0. The molecule has 3 heteroatoms. The highest BCUT2D eigenvalue weighted by molar-refractivity contribution is 6.34. The van der Waals surface area contributed by atoms with Crippen molar-refractivity contribution < 1.29 is 0 Å². The summed E-state index contributed by atoms with van der Waals surface area (Å²) in [6, 6.07) is 18.5. The first kappa shape index (κ1) is 15.3. The fourth-order valence-electron chi connectivity index (χ4n) is 1.70. The molecule has 0 spiro atoms. The van der Waals surface area contributed by atoms with Crippen molar-refractivity contribution in [2.45, 2.75) is 25.9 Å². The minimum Gasteiger partial charge on any atom is -0.399 e. The Bertz CT molecular complexity index is 418. The largest absolute Gasteiger partial charge is 0.399 e. The normalized spacial score (nSPS) is 9.58. The van der Waals surface area contributed by atoms with Gasteiger partial charge in [-0.1, -0.05) is 50.2 Å². The second-order valence-corrected chi connectivity index (χ2v) is 7.30. The number of nitrogens with two attached hydrogens (primary N) is 2. The van der Waals surface area contributed by atoms with Crippen LogP contribution in [0.3, 0.4) is 0 Å². The molecular formula is C16H24N2Si. The summed E-state index contributed by atoms with van der Waals surface area (Å²) in [4.78, 5) is 0. The molecule has 2 nitrogen and oxygen atoms in total. The van der Waals surface area contributed by atoms with Crippen molar-refractivity contribution in [2.75, 3.05) is 11.5 Å². The van der Waals surface area contributed by atoms with Crippen LogP contribution in [0.25, 0.3) is 11.1 Å². The van der Waals surface area contributed by atoms with Gasteiger partial charge in [-0.2, -0.15) is 0 Å². The van der Waals surface area contributed by atoms with E-state index < -0.39 is 0 Å². The molecule has 2 rings (SSSR count). The number of rotatable bonds is 3. The van der Waals surface area contributed by atoms with Crippen LogP contribution in [0, 0.1) is 0 Å². The minimum atomic E-state index is 0.432. The van der Waals surface area contributed by atoms with Gasteiger partial charge in [0.2, 0.25) is 0 Å². The molecule has 0 saturated carbocycles. The molecule has 0 radical (unpaired) electrons. The van der Waals surface area contributed by atoms with Gasteiger partial charge in [-0.25, -0.2) is 0 Å². The SMILES string of the molecule is CC[SiH2]CC.Nc1ccc(-c2ccc(N)cc2)cc1. The molecule has 0 aromatic heterocycles. The topological polar surface area (TPSA) is 52.0 Å². The van der Waals surface area contributed by atoms with Gasteiger partial charge in [-0.3, -0.25) is 0 Å². The van der Waals surface area contributed by atoms with Gasteiger partial charge in [0.1, 0.15) is 0 Å². The van der Waals surface area contributed by atoms with Crippen molar-refractivity contribution in [1.82, 2.24) is 0 Å². The van der Waals surface area contributed by atoms with E-state index in [0.29, 0.717) is 9.52 Å². The number of hydrogen-bond donors (Lipinski definition) is 2. The van der Waals surface area contributed by atoms with E-state index in [2.05, 4.69) is 13.8 Å². The van der Waals surface area contributed by atoms with Crippen molar-refractivity contribution >= 4 is 20.9 Å². The summed E-state index contributed by atoms with van der Waals surface area (Å²) in [6.45, 7) is 4.55. The zero-order valence-corrected chi connectivity index (χ0v) is 13.3. The van der Waals surface area contributed by atoms with Crippen LogP contribution in [-0.4, -0.2) is 9.52 Å². The van der Waals surface area contributed by atoms with E-state index in [4.69, 9.17) is 11.5 Å². The van der Waals surface area contributed by atoms with Crippen molar-refractivity contribution in [3.05, 3.63) is 48.5 Å². The number of anilines is 2. The number of benzene rings is 2. The monoisotopic (exact) mass is 272 g/mol.